The minimum atomic E-state index is -0.520. The van der Waals surface area contributed by atoms with Gasteiger partial charge in [0.05, 0.1) is 6.54 Å². The van der Waals surface area contributed by atoms with E-state index < -0.39 is 5.60 Å². The van der Waals surface area contributed by atoms with Crippen molar-refractivity contribution in [3.63, 3.8) is 0 Å². The van der Waals surface area contributed by atoms with Gasteiger partial charge < -0.3 is 9.47 Å². The molecule has 0 bridgehead atoms. The van der Waals surface area contributed by atoms with Crippen LogP contribution >= 0.6 is 11.6 Å². The van der Waals surface area contributed by atoms with Crippen LogP contribution in [0.25, 0.3) is 0 Å². The quantitative estimate of drug-likeness (QED) is 0.246. The van der Waals surface area contributed by atoms with Gasteiger partial charge in [0.2, 0.25) is 0 Å². The van der Waals surface area contributed by atoms with E-state index in [0.717, 1.165) is 16.9 Å². The average molecular weight is 566 g/mol. The predicted molar refractivity (Wildman–Crippen MR) is 157 cm³/mol. The molecule has 0 fully saturated rings. The highest BCUT2D eigenvalue weighted by atomic mass is 35.5. The van der Waals surface area contributed by atoms with Gasteiger partial charge in [-0.25, -0.2) is 0 Å². The fourth-order valence-electron chi connectivity index (χ4n) is 4.00. The molecule has 0 aliphatic carbocycles. The topological polar surface area (TPSA) is 72.9 Å². The largest absolute Gasteiger partial charge is 0.489 e. The summed E-state index contributed by atoms with van der Waals surface area (Å²) >= 11 is 6.63. The van der Waals surface area contributed by atoms with E-state index in [4.69, 9.17) is 30.7 Å². The molecule has 0 atom stereocenters. The van der Waals surface area contributed by atoms with Crippen molar-refractivity contribution >= 4 is 23.7 Å². The third-order valence-electron chi connectivity index (χ3n) is 5.94. The Morgan fingerprint density at radius 2 is 1.52 bits per heavy atom. The maximum Gasteiger partial charge on any atom is 0.373 e. The lowest BCUT2D eigenvalue weighted by Crippen LogP contribution is -2.35. The third-order valence-corrected chi connectivity index (χ3v) is 6.29. The summed E-state index contributed by atoms with van der Waals surface area (Å²) in [5.41, 5.74) is 4.11. The highest BCUT2D eigenvalue weighted by Crippen LogP contribution is 2.26. The molecule has 0 saturated heterocycles. The van der Waals surface area contributed by atoms with E-state index in [1.807, 2.05) is 69.3 Å². The minimum absolute atomic E-state index is 0.0594. The zero-order valence-electron chi connectivity index (χ0n) is 24.3. The molecule has 6 nitrogen and oxygen atoms in total. The van der Waals surface area contributed by atoms with E-state index in [-0.39, 0.29) is 24.1 Å². The molecule has 0 aromatic heterocycles. The van der Waals surface area contributed by atoms with Gasteiger partial charge in [-0.15, -0.1) is 0 Å². The smallest absolute Gasteiger partial charge is 0.373 e. The maximum absolute atomic E-state index is 12.7. The Balaban J connectivity index is 0.00000178. The molecule has 0 amide bonds. The molecule has 0 saturated carbocycles. The van der Waals surface area contributed by atoms with Gasteiger partial charge in [0.25, 0.3) is 0 Å². The first-order valence-corrected chi connectivity index (χ1v) is 13.7. The van der Waals surface area contributed by atoms with Gasteiger partial charge in [-0.1, -0.05) is 93.0 Å². The van der Waals surface area contributed by atoms with Gasteiger partial charge in [0, 0.05) is 18.1 Å². The number of hydrogen-bond acceptors (Lipinski definition) is 6. The summed E-state index contributed by atoms with van der Waals surface area (Å²) < 4.78 is 11.5. The normalized spacial score (nSPS) is 11.3. The number of benzene rings is 3. The molecule has 0 unspecified atom stereocenters. The number of halogens is 1. The highest BCUT2D eigenvalue weighted by molar-refractivity contribution is 6.31. The van der Waals surface area contributed by atoms with E-state index in [1.54, 1.807) is 0 Å². The van der Waals surface area contributed by atoms with Crippen LogP contribution in [0, 0.1) is 0 Å². The van der Waals surface area contributed by atoms with E-state index >= 15 is 0 Å². The van der Waals surface area contributed by atoms with Crippen molar-refractivity contribution in [2.24, 2.45) is 0 Å². The second-order valence-electron chi connectivity index (χ2n) is 11.6. The van der Waals surface area contributed by atoms with Crippen LogP contribution in [-0.2, 0) is 44.1 Å². The minimum Gasteiger partial charge on any atom is -0.489 e. The fraction of sp³-hybridized carbons (Fsp3) is 0.394. The first-order chi connectivity index (χ1) is 18.8. The molecular weight excluding hydrogens is 526 g/mol. The molecule has 7 heteroatoms. The van der Waals surface area contributed by atoms with Gasteiger partial charge in [0.15, 0.2) is 0 Å². The summed E-state index contributed by atoms with van der Waals surface area (Å²) in [6.07, 6.45) is 0.958. The van der Waals surface area contributed by atoms with Crippen LogP contribution in [0.15, 0.2) is 72.8 Å². The Hall–Kier alpha value is -3.44. The third kappa shape index (κ3) is 12.2. The van der Waals surface area contributed by atoms with Gasteiger partial charge in [0.1, 0.15) is 18.0 Å². The van der Waals surface area contributed by atoms with E-state index in [2.05, 4.69) is 49.9 Å². The molecule has 0 aliphatic rings. The molecule has 0 aliphatic heterocycles. The number of esters is 1. The van der Waals surface area contributed by atoms with E-state index in [9.17, 15) is 4.79 Å². The first-order valence-electron chi connectivity index (χ1n) is 13.3. The first kappa shape index (κ1) is 32.8. The average Bonchev–Trinajstić information content (AvgIpc) is 2.86. The summed E-state index contributed by atoms with van der Waals surface area (Å²) in [6, 6.07) is 24.5. The zero-order valence-corrected chi connectivity index (χ0v) is 25.1. The number of carbonyl (C=O) groups excluding carboxylic acids is 3. The number of carbonyl (C=O) groups is 1. The molecule has 3 aromatic rings. The summed E-state index contributed by atoms with van der Waals surface area (Å²) in [6.45, 7) is 14.3. The molecule has 40 heavy (non-hydrogen) atoms. The molecule has 214 valence electrons. The van der Waals surface area contributed by atoms with Crippen molar-refractivity contribution < 1.29 is 23.9 Å². The fourth-order valence-corrected chi connectivity index (χ4v) is 4.27. The van der Waals surface area contributed by atoms with Crippen molar-refractivity contribution in [2.75, 3.05) is 13.1 Å². The van der Waals surface area contributed by atoms with Crippen molar-refractivity contribution in [1.29, 1.82) is 0 Å². The van der Waals surface area contributed by atoms with Crippen molar-refractivity contribution in [3.8, 4) is 5.75 Å². The molecule has 0 spiro atoms. The highest BCUT2D eigenvalue weighted by Gasteiger charge is 2.20. The Kier molecular flexibility index (Phi) is 12.6. The Labute approximate surface area is 243 Å². The molecule has 3 aromatic carbocycles. The predicted octanol–water partition coefficient (Wildman–Crippen LogP) is 7.02. The van der Waals surface area contributed by atoms with Crippen molar-refractivity contribution in [3.05, 3.63) is 100 Å². The Bertz CT molecular complexity index is 1260. The number of hydrogen-bond donors (Lipinski definition) is 0. The van der Waals surface area contributed by atoms with Crippen molar-refractivity contribution in [2.45, 2.75) is 72.1 Å². The molecular formula is C33H40ClNO5. The van der Waals surface area contributed by atoms with Crippen LogP contribution in [0.1, 0.15) is 63.8 Å². The zero-order chi connectivity index (χ0) is 29.8. The second kappa shape index (κ2) is 15.4. The Morgan fingerprint density at radius 3 is 2.12 bits per heavy atom. The lowest BCUT2D eigenvalue weighted by molar-refractivity contribution is -0.191. The van der Waals surface area contributed by atoms with Crippen LogP contribution in [0.3, 0.4) is 0 Å². The SMILES string of the molecule is CC(C)(C)OC(=O)CN(CCc1ccc(OCc2ccccc2)cc1Cl)Cc1cccc(C(C)(C)C)c1.O=C=O. The monoisotopic (exact) mass is 565 g/mol. The lowest BCUT2D eigenvalue weighted by atomic mass is 9.86. The number of ether oxygens (including phenoxy) is 2. The standard InChI is InChI=1S/C32H40ClNO3.CO2/c1-31(2,3)27-14-10-13-25(19-27)21-34(22-30(35)37-32(4,5)6)18-17-26-15-16-28(20-29(26)33)36-23-24-11-8-7-9-12-24;2-1-3/h7-16,19-20H,17-18,21-23H2,1-6H3;. The molecule has 0 heterocycles. The van der Waals surface area contributed by atoms with E-state index in [0.29, 0.717) is 31.1 Å². The number of rotatable bonds is 10. The summed E-state index contributed by atoms with van der Waals surface area (Å²) in [4.78, 5) is 31.1. The van der Waals surface area contributed by atoms with E-state index in [1.165, 1.54) is 11.1 Å². The van der Waals surface area contributed by atoms with Gasteiger partial charge in [-0.2, -0.15) is 9.59 Å². The van der Waals surface area contributed by atoms with Crippen molar-refractivity contribution in [1.82, 2.24) is 4.90 Å². The van der Waals surface area contributed by atoms with Crippen LogP contribution in [-0.4, -0.2) is 35.7 Å². The van der Waals surface area contributed by atoms with Gasteiger partial charge in [-0.3, -0.25) is 9.69 Å². The van der Waals surface area contributed by atoms with Crippen LogP contribution in [0.4, 0.5) is 0 Å². The molecule has 0 radical (unpaired) electrons. The maximum atomic E-state index is 12.7. The van der Waals surface area contributed by atoms with Gasteiger partial charge in [-0.05, 0) is 67.0 Å². The second-order valence-corrected chi connectivity index (χ2v) is 12.0. The summed E-state index contributed by atoms with van der Waals surface area (Å²) in [5.74, 6) is 0.512. The summed E-state index contributed by atoms with van der Waals surface area (Å²) in [5, 5.41) is 0.664. The van der Waals surface area contributed by atoms with Gasteiger partial charge >= 0.3 is 12.1 Å². The summed E-state index contributed by atoms with van der Waals surface area (Å²) in [7, 11) is 0. The van der Waals surface area contributed by atoms with Crippen LogP contribution in [0.5, 0.6) is 5.75 Å². The Morgan fingerprint density at radius 1 is 0.875 bits per heavy atom. The molecule has 0 N–H and O–H groups in total. The van der Waals surface area contributed by atoms with Crippen LogP contribution < -0.4 is 4.74 Å². The van der Waals surface area contributed by atoms with Crippen LogP contribution in [0.2, 0.25) is 5.02 Å². The number of nitrogens with zero attached hydrogens (tertiary/aromatic N) is 1. The lowest BCUT2D eigenvalue weighted by Gasteiger charge is -2.26. The molecule has 3 rings (SSSR count).